The van der Waals surface area contributed by atoms with Gasteiger partial charge in [0.1, 0.15) is 6.26 Å². The minimum atomic E-state index is -0.331. The zero-order valence-electron chi connectivity index (χ0n) is 13.6. The lowest BCUT2D eigenvalue weighted by Gasteiger charge is -2.08. The maximum atomic E-state index is 12.3. The third-order valence-electron chi connectivity index (χ3n) is 4.06. The fourth-order valence-electron chi connectivity index (χ4n) is 2.81. The molecule has 0 bridgehead atoms. The number of oxazole rings is 1. The third-order valence-corrected chi connectivity index (χ3v) is 4.06. The molecule has 3 heterocycles. The topological polar surface area (TPSA) is 82.2 Å². The normalized spacial score (nSPS) is 16.9. The van der Waals surface area contributed by atoms with Gasteiger partial charge in [-0.3, -0.25) is 9.48 Å². The minimum absolute atomic E-state index is 0.201. The number of rotatable bonds is 5. The van der Waals surface area contributed by atoms with Crippen molar-refractivity contribution in [3.8, 4) is 11.5 Å². The minimum Gasteiger partial charge on any atom is -0.444 e. The number of nitrogens with one attached hydrogen (secondary N) is 1. The van der Waals surface area contributed by atoms with Gasteiger partial charge < -0.3 is 14.5 Å². The summed E-state index contributed by atoms with van der Waals surface area (Å²) in [6, 6.07) is 9.45. The summed E-state index contributed by atoms with van der Waals surface area (Å²) in [6.45, 7) is 1.50. The van der Waals surface area contributed by atoms with Gasteiger partial charge in [-0.15, -0.1) is 0 Å². The monoisotopic (exact) mass is 338 g/mol. The Labute approximate surface area is 144 Å². The van der Waals surface area contributed by atoms with E-state index in [0.29, 0.717) is 18.1 Å². The van der Waals surface area contributed by atoms with Gasteiger partial charge in [0, 0.05) is 18.4 Å². The first-order valence-corrected chi connectivity index (χ1v) is 8.24. The summed E-state index contributed by atoms with van der Waals surface area (Å²) in [5.74, 6) is 0.0856. The number of ether oxygens (including phenoxy) is 1. The first-order valence-electron chi connectivity index (χ1n) is 8.24. The second-order valence-electron chi connectivity index (χ2n) is 5.94. The molecule has 1 aliphatic rings. The zero-order chi connectivity index (χ0) is 17.1. The summed E-state index contributed by atoms with van der Waals surface area (Å²) in [4.78, 5) is 16.6. The van der Waals surface area contributed by atoms with Crippen molar-refractivity contribution in [2.45, 2.75) is 25.5 Å². The number of nitrogens with zero attached hydrogens (tertiary/aromatic N) is 3. The Morgan fingerprint density at radius 2 is 2.20 bits per heavy atom. The Kier molecular flexibility index (Phi) is 4.30. The number of aromatic nitrogens is 3. The number of anilines is 1. The van der Waals surface area contributed by atoms with E-state index in [2.05, 4.69) is 15.4 Å². The lowest BCUT2D eigenvalue weighted by molar-refractivity contribution is 0.0940. The first-order chi connectivity index (χ1) is 12.3. The maximum absolute atomic E-state index is 12.3. The summed E-state index contributed by atoms with van der Waals surface area (Å²) in [7, 11) is 0. The Hall–Kier alpha value is -2.93. The molecular formula is C18H18N4O3. The molecule has 0 aliphatic carbocycles. The van der Waals surface area contributed by atoms with Crippen LogP contribution >= 0.6 is 0 Å². The molecule has 1 unspecified atom stereocenters. The van der Waals surface area contributed by atoms with Crippen LogP contribution in [0.3, 0.4) is 0 Å². The van der Waals surface area contributed by atoms with Gasteiger partial charge >= 0.3 is 0 Å². The average molecular weight is 338 g/mol. The van der Waals surface area contributed by atoms with Crippen molar-refractivity contribution >= 4 is 11.6 Å². The molecule has 3 aromatic rings. The highest BCUT2D eigenvalue weighted by Gasteiger charge is 2.17. The van der Waals surface area contributed by atoms with Crippen molar-refractivity contribution in [1.82, 2.24) is 14.8 Å². The molecule has 1 fully saturated rings. The van der Waals surface area contributed by atoms with E-state index in [1.54, 1.807) is 17.1 Å². The lowest BCUT2D eigenvalue weighted by atomic mass is 10.2. The maximum Gasteiger partial charge on any atom is 0.277 e. The molecule has 0 radical (unpaired) electrons. The van der Waals surface area contributed by atoms with Gasteiger partial charge in [-0.05, 0) is 25.0 Å². The van der Waals surface area contributed by atoms with Gasteiger partial charge in [-0.1, -0.05) is 18.2 Å². The van der Waals surface area contributed by atoms with E-state index in [1.807, 2.05) is 30.3 Å². The van der Waals surface area contributed by atoms with Crippen LogP contribution in [0.1, 0.15) is 23.3 Å². The molecule has 1 N–H and O–H groups in total. The predicted octanol–water partition coefficient (Wildman–Crippen LogP) is 2.97. The number of benzene rings is 1. The van der Waals surface area contributed by atoms with E-state index < -0.39 is 0 Å². The van der Waals surface area contributed by atoms with Crippen LogP contribution in [0.2, 0.25) is 0 Å². The molecule has 1 aromatic carbocycles. The second-order valence-corrected chi connectivity index (χ2v) is 5.94. The standard InChI is InChI=1S/C18H18N4O3/c23-17(16-12-25-18(21-16)13-5-2-1-3-6-13)20-14-9-19-22(10-14)11-15-7-4-8-24-15/h1-3,5-6,9-10,12,15H,4,7-8,11H2,(H,20,23). The molecule has 7 heteroatoms. The molecule has 0 saturated carbocycles. The highest BCUT2D eigenvalue weighted by molar-refractivity contribution is 6.02. The molecule has 7 nitrogen and oxygen atoms in total. The van der Waals surface area contributed by atoms with Crippen LogP contribution in [0.4, 0.5) is 5.69 Å². The highest BCUT2D eigenvalue weighted by atomic mass is 16.5. The number of carbonyl (C=O) groups is 1. The van der Waals surface area contributed by atoms with Crippen molar-refractivity contribution in [2.24, 2.45) is 0 Å². The molecular weight excluding hydrogens is 320 g/mol. The smallest absolute Gasteiger partial charge is 0.277 e. The zero-order valence-corrected chi connectivity index (χ0v) is 13.6. The van der Waals surface area contributed by atoms with Crippen LogP contribution in [0.5, 0.6) is 0 Å². The van der Waals surface area contributed by atoms with E-state index in [0.717, 1.165) is 25.0 Å². The van der Waals surface area contributed by atoms with Gasteiger partial charge in [0.05, 0.1) is 24.5 Å². The Morgan fingerprint density at radius 1 is 1.32 bits per heavy atom. The molecule has 2 aromatic heterocycles. The third kappa shape index (κ3) is 3.61. The number of hydrogen-bond acceptors (Lipinski definition) is 5. The SMILES string of the molecule is O=C(Nc1cnn(CC2CCCO2)c1)c1coc(-c2ccccc2)n1. The summed E-state index contributed by atoms with van der Waals surface area (Å²) in [5.41, 5.74) is 1.67. The van der Waals surface area contributed by atoms with Gasteiger partial charge in [-0.2, -0.15) is 5.10 Å². The van der Waals surface area contributed by atoms with Crippen LogP contribution < -0.4 is 5.32 Å². The van der Waals surface area contributed by atoms with Crippen LogP contribution in [0.15, 0.2) is 53.4 Å². The largest absolute Gasteiger partial charge is 0.444 e. The van der Waals surface area contributed by atoms with Crippen molar-refractivity contribution in [3.05, 3.63) is 54.7 Å². The summed E-state index contributed by atoms with van der Waals surface area (Å²) in [6.07, 6.45) is 7.10. The predicted molar refractivity (Wildman–Crippen MR) is 91.1 cm³/mol. The van der Waals surface area contributed by atoms with E-state index in [4.69, 9.17) is 9.15 Å². The van der Waals surface area contributed by atoms with Crippen LogP contribution in [-0.4, -0.2) is 33.4 Å². The summed E-state index contributed by atoms with van der Waals surface area (Å²) >= 11 is 0. The Bertz CT molecular complexity index is 850. The molecule has 25 heavy (non-hydrogen) atoms. The van der Waals surface area contributed by atoms with E-state index >= 15 is 0 Å². The van der Waals surface area contributed by atoms with Crippen molar-refractivity contribution in [2.75, 3.05) is 11.9 Å². The molecule has 128 valence electrons. The van der Waals surface area contributed by atoms with Gasteiger partial charge in [0.2, 0.25) is 5.89 Å². The van der Waals surface area contributed by atoms with Gasteiger partial charge in [0.15, 0.2) is 5.69 Å². The molecule has 1 amide bonds. The van der Waals surface area contributed by atoms with Crippen LogP contribution in [0, 0.1) is 0 Å². The molecule has 0 spiro atoms. The lowest BCUT2D eigenvalue weighted by Crippen LogP contribution is -2.15. The van der Waals surface area contributed by atoms with E-state index in [9.17, 15) is 4.79 Å². The molecule has 1 aliphatic heterocycles. The van der Waals surface area contributed by atoms with Crippen molar-refractivity contribution < 1.29 is 13.9 Å². The quantitative estimate of drug-likeness (QED) is 0.773. The fraction of sp³-hybridized carbons (Fsp3) is 0.278. The molecule has 1 atom stereocenters. The van der Waals surface area contributed by atoms with Gasteiger partial charge in [0.25, 0.3) is 5.91 Å². The van der Waals surface area contributed by atoms with Crippen molar-refractivity contribution in [3.63, 3.8) is 0 Å². The van der Waals surface area contributed by atoms with E-state index in [-0.39, 0.29) is 17.7 Å². The van der Waals surface area contributed by atoms with E-state index in [1.165, 1.54) is 6.26 Å². The highest BCUT2D eigenvalue weighted by Crippen LogP contribution is 2.19. The number of amides is 1. The first kappa shape index (κ1) is 15.6. The van der Waals surface area contributed by atoms with Crippen LogP contribution in [-0.2, 0) is 11.3 Å². The average Bonchev–Trinajstić information content (AvgIpc) is 3.38. The number of hydrogen-bond donors (Lipinski definition) is 1. The Balaban J connectivity index is 1.40. The fourth-order valence-corrected chi connectivity index (χ4v) is 2.81. The number of carbonyl (C=O) groups excluding carboxylic acids is 1. The second kappa shape index (κ2) is 6.90. The molecule has 1 saturated heterocycles. The molecule has 4 rings (SSSR count). The Morgan fingerprint density at radius 3 is 3.00 bits per heavy atom. The van der Waals surface area contributed by atoms with Gasteiger partial charge in [-0.25, -0.2) is 4.98 Å². The van der Waals surface area contributed by atoms with Crippen molar-refractivity contribution in [1.29, 1.82) is 0 Å². The summed E-state index contributed by atoms with van der Waals surface area (Å²) < 4.78 is 12.8. The van der Waals surface area contributed by atoms with Crippen LogP contribution in [0.25, 0.3) is 11.5 Å². The summed E-state index contributed by atoms with van der Waals surface area (Å²) in [5, 5.41) is 7.04.